The van der Waals surface area contributed by atoms with Crippen LogP contribution in [0.5, 0.6) is 0 Å². The van der Waals surface area contributed by atoms with E-state index < -0.39 is 0 Å². The fraction of sp³-hybridized carbons (Fsp3) is 0.467. The minimum absolute atomic E-state index is 0.111. The minimum Gasteiger partial charge on any atom is -0.309 e. The molecule has 2 aromatic rings. The maximum Gasteiger partial charge on any atom is 0.258 e. The number of rotatable bonds is 4. The predicted octanol–water partition coefficient (Wildman–Crippen LogP) is 2.85. The molecule has 4 nitrogen and oxygen atoms in total. The molecule has 1 unspecified atom stereocenters. The van der Waals surface area contributed by atoms with Gasteiger partial charge in [0.15, 0.2) is 0 Å². The summed E-state index contributed by atoms with van der Waals surface area (Å²) < 4.78 is 0. The summed E-state index contributed by atoms with van der Waals surface area (Å²) in [5, 5.41) is 4.61. The van der Waals surface area contributed by atoms with E-state index in [-0.39, 0.29) is 5.56 Å². The molecule has 1 aliphatic rings. The summed E-state index contributed by atoms with van der Waals surface area (Å²) in [5.74, 6) is 1.42. The first kappa shape index (κ1) is 13.6. The lowest BCUT2D eigenvalue weighted by Crippen LogP contribution is -2.37. The van der Waals surface area contributed by atoms with E-state index in [1.807, 2.05) is 0 Å². The maximum absolute atomic E-state index is 12.0. The Labute approximate surface area is 122 Å². The molecule has 20 heavy (non-hydrogen) atoms. The third-order valence-electron chi connectivity index (χ3n) is 4.17. The van der Waals surface area contributed by atoms with Crippen LogP contribution >= 0.6 is 11.6 Å². The van der Waals surface area contributed by atoms with Gasteiger partial charge >= 0.3 is 0 Å². The topological polar surface area (TPSA) is 57.8 Å². The lowest BCUT2D eigenvalue weighted by atomic mass is 9.80. The molecule has 106 valence electrons. The van der Waals surface area contributed by atoms with Crippen LogP contribution in [0.4, 0.5) is 0 Å². The zero-order chi connectivity index (χ0) is 14.1. The summed E-state index contributed by atoms with van der Waals surface area (Å²) >= 11 is 5.95. The van der Waals surface area contributed by atoms with Crippen LogP contribution in [0.25, 0.3) is 10.9 Å². The Hall–Kier alpha value is -1.39. The first-order chi connectivity index (χ1) is 9.63. The summed E-state index contributed by atoms with van der Waals surface area (Å²) in [4.78, 5) is 19.3. The van der Waals surface area contributed by atoms with E-state index in [0.29, 0.717) is 34.3 Å². The van der Waals surface area contributed by atoms with Gasteiger partial charge in [-0.3, -0.25) is 4.79 Å². The normalized spacial score (nSPS) is 17.1. The number of H-pyrrole nitrogens is 1. The van der Waals surface area contributed by atoms with Gasteiger partial charge in [-0.2, -0.15) is 0 Å². The van der Waals surface area contributed by atoms with Gasteiger partial charge in [-0.1, -0.05) is 18.0 Å². The van der Waals surface area contributed by atoms with Crippen LogP contribution < -0.4 is 10.9 Å². The highest BCUT2D eigenvalue weighted by Gasteiger charge is 2.23. The Morgan fingerprint density at radius 3 is 3.00 bits per heavy atom. The Kier molecular flexibility index (Phi) is 3.76. The molecule has 2 N–H and O–H groups in total. The Morgan fingerprint density at radius 1 is 1.50 bits per heavy atom. The van der Waals surface area contributed by atoms with Crippen molar-refractivity contribution in [3.05, 3.63) is 39.4 Å². The first-order valence-electron chi connectivity index (χ1n) is 7.05. The van der Waals surface area contributed by atoms with Crippen LogP contribution in [0.3, 0.4) is 0 Å². The molecule has 1 aromatic heterocycles. The predicted molar refractivity (Wildman–Crippen MR) is 81.0 cm³/mol. The summed E-state index contributed by atoms with van der Waals surface area (Å²) in [6.07, 6.45) is 3.93. The standard InChI is InChI=1S/C15H18ClN3O/c1-9(10-3-2-4-10)17-8-14-18-13-7-11(16)5-6-12(13)15(20)19-14/h5-7,9-10,17H,2-4,8H2,1H3,(H,18,19,20). The van der Waals surface area contributed by atoms with Gasteiger partial charge in [0, 0.05) is 11.1 Å². The number of halogens is 1. The van der Waals surface area contributed by atoms with Gasteiger partial charge in [-0.15, -0.1) is 0 Å². The van der Waals surface area contributed by atoms with Gasteiger partial charge in [-0.05, 0) is 43.9 Å². The van der Waals surface area contributed by atoms with Crippen LogP contribution in [0, 0.1) is 5.92 Å². The fourth-order valence-corrected chi connectivity index (χ4v) is 2.78. The number of nitrogens with zero attached hydrogens (tertiary/aromatic N) is 1. The van der Waals surface area contributed by atoms with E-state index in [1.165, 1.54) is 19.3 Å². The van der Waals surface area contributed by atoms with E-state index in [4.69, 9.17) is 11.6 Å². The lowest BCUT2D eigenvalue weighted by molar-refractivity contribution is 0.239. The highest BCUT2D eigenvalue weighted by Crippen LogP contribution is 2.29. The third kappa shape index (κ3) is 2.72. The molecule has 1 heterocycles. The SMILES string of the molecule is CC(NCc1nc2cc(Cl)ccc2c(=O)[nH]1)C1CCC1. The van der Waals surface area contributed by atoms with Crippen LogP contribution in [0.1, 0.15) is 32.0 Å². The molecule has 1 atom stereocenters. The van der Waals surface area contributed by atoms with Gasteiger partial charge < -0.3 is 10.3 Å². The number of fused-ring (bicyclic) bond motifs is 1. The van der Waals surface area contributed by atoms with E-state index in [0.717, 1.165) is 5.92 Å². The average Bonchev–Trinajstić information content (AvgIpc) is 2.33. The van der Waals surface area contributed by atoms with Crippen molar-refractivity contribution in [2.45, 2.75) is 38.8 Å². The van der Waals surface area contributed by atoms with Crippen molar-refractivity contribution in [1.82, 2.24) is 15.3 Å². The molecule has 5 heteroatoms. The second kappa shape index (κ2) is 5.54. The number of aromatic amines is 1. The van der Waals surface area contributed by atoms with Crippen molar-refractivity contribution in [1.29, 1.82) is 0 Å². The summed E-state index contributed by atoms with van der Waals surface area (Å²) in [6, 6.07) is 5.60. The fourth-order valence-electron chi connectivity index (χ4n) is 2.61. The van der Waals surface area contributed by atoms with E-state index in [9.17, 15) is 4.79 Å². The molecule has 0 aliphatic heterocycles. The van der Waals surface area contributed by atoms with E-state index in [1.54, 1.807) is 18.2 Å². The molecule has 3 rings (SSSR count). The van der Waals surface area contributed by atoms with Crippen LogP contribution in [-0.2, 0) is 6.54 Å². The van der Waals surface area contributed by atoms with Crippen molar-refractivity contribution >= 4 is 22.5 Å². The Morgan fingerprint density at radius 2 is 2.30 bits per heavy atom. The molecule has 1 saturated carbocycles. The van der Waals surface area contributed by atoms with Crippen molar-refractivity contribution in [2.75, 3.05) is 0 Å². The van der Waals surface area contributed by atoms with Crippen molar-refractivity contribution in [3.63, 3.8) is 0 Å². The van der Waals surface area contributed by atoms with Gasteiger partial charge in [0.2, 0.25) is 0 Å². The second-order valence-corrected chi connectivity index (χ2v) is 5.97. The van der Waals surface area contributed by atoms with Crippen LogP contribution in [0.2, 0.25) is 5.02 Å². The molecular formula is C15H18ClN3O. The second-order valence-electron chi connectivity index (χ2n) is 5.53. The summed E-state index contributed by atoms with van der Waals surface area (Å²) in [5.41, 5.74) is 0.536. The number of aromatic nitrogens is 2. The van der Waals surface area contributed by atoms with Gasteiger partial charge in [0.25, 0.3) is 5.56 Å². The molecule has 1 aromatic carbocycles. The lowest BCUT2D eigenvalue weighted by Gasteiger charge is -2.31. The van der Waals surface area contributed by atoms with Gasteiger partial charge in [-0.25, -0.2) is 4.98 Å². The highest BCUT2D eigenvalue weighted by molar-refractivity contribution is 6.31. The molecular weight excluding hydrogens is 274 g/mol. The minimum atomic E-state index is -0.111. The number of hydrogen-bond donors (Lipinski definition) is 2. The maximum atomic E-state index is 12.0. The zero-order valence-electron chi connectivity index (χ0n) is 11.4. The quantitative estimate of drug-likeness (QED) is 0.911. The molecule has 0 spiro atoms. The van der Waals surface area contributed by atoms with Crippen molar-refractivity contribution < 1.29 is 0 Å². The van der Waals surface area contributed by atoms with Crippen molar-refractivity contribution in [2.24, 2.45) is 5.92 Å². The van der Waals surface area contributed by atoms with Crippen molar-refractivity contribution in [3.8, 4) is 0 Å². The van der Waals surface area contributed by atoms with E-state index in [2.05, 4.69) is 22.2 Å². The van der Waals surface area contributed by atoms with Gasteiger partial charge in [0.1, 0.15) is 5.82 Å². The summed E-state index contributed by atoms with van der Waals surface area (Å²) in [7, 11) is 0. The smallest absolute Gasteiger partial charge is 0.258 e. The Balaban J connectivity index is 1.79. The van der Waals surface area contributed by atoms with E-state index >= 15 is 0 Å². The van der Waals surface area contributed by atoms with Crippen LogP contribution in [-0.4, -0.2) is 16.0 Å². The molecule has 0 amide bonds. The largest absolute Gasteiger partial charge is 0.309 e. The Bertz CT molecular complexity index is 678. The average molecular weight is 292 g/mol. The molecule has 0 bridgehead atoms. The number of benzene rings is 1. The molecule has 1 aliphatic carbocycles. The number of hydrogen-bond acceptors (Lipinski definition) is 3. The molecule has 0 saturated heterocycles. The highest BCUT2D eigenvalue weighted by atomic mass is 35.5. The first-order valence-corrected chi connectivity index (χ1v) is 7.43. The molecule has 1 fully saturated rings. The summed E-state index contributed by atoms with van der Waals surface area (Å²) in [6.45, 7) is 2.77. The zero-order valence-corrected chi connectivity index (χ0v) is 12.2. The third-order valence-corrected chi connectivity index (χ3v) is 4.40. The molecule has 0 radical (unpaired) electrons. The monoisotopic (exact) mass is 291 g/mol. The van der Waals surface area contributed by atoms with Gasteiger partial charge in [0.05, 0.1) is 17.4 Å². The number of nitrogens with one attached hydrogen (secondary N) is 2. The van der Waals surface area contributed by atoms with Crippen LogP contribution in [0.15, 0.2) is 23.0 Å².